The fourth-order valence-electron chi connectivity index (χ4n) is 3.10. The number of hydrogen-bond donors (Lipinski definition) is 1. The molecule has 1 atom stereocenters. The van der Waals surface area contributed by atoms with Crippen LogP contribution in [0, 0.1) is 13.8 Å². The van der Waals surface area contributed by atoms with Gasteiger partial charge in [-0.3, -0.25) is 9.36 Å². The van der Waals surface area contributed by atoms with Crippen LogP contribution in [-0.4, -0.2) is 29.7 Å². The molecule has 3 heterocycles. The molecule has 3 aromatic heterocycles. The molecular weight excluding hydrogens is 358 g/mol. The summed E-state index contributed by atoms with van der Waals surface area (Å²) >= 11 is 0. The van der Waals surface area contributed by atoms with Crippen molar-refractivity contribution in [2.75, 3.05) is 0 Å². The van der Waals surface area contributed by atoms with Gasteiger partial charge < -0.3 is 10.3 Å². The first kappa shape index (κ1) is 17.9. The van der Waals surface area contributed by atoms with Crippen LogP contribution in [0.25, 0.3) is 34.0 Å². The van der Waals surface area contributed by atoms with E-state index in [0.717, 1.165) is 11.1 Å². The monoisotopic (exact) mass is 377 g/mol. The summed E-state index contributed by atoms with van der Waals surface area (Å²) in [7, 11) is 1.67. The molecule has 0 saturated carbocycles. The number of nitrogens with zero attached hydrogens (tertiary/aromatic N) is 6. The largest absolute Gasteiger partial charge is 0.330 e. The van der Waals surface area contributed by atoms with Crippen molar-refractivity contribution in [3.8, 4) is 23.1 Å². The number of fused-ring (bicyclic) bond motifs is 1. The first-order valence-corrected chi connectivity index (χ1v) is 8.75. The zero-order chi connectivity index (χ0) is 20.0. The van der Waals surface area contributed by atoms with Gasteiger partial charge in [-0.1, -0.05) is 11.2 Å². The fourth-order valence-corrected chi connectivity index (χ4v) is 3.10. The van der Waals surface area contributed by atoms with E-state index in [-0.39, 0.29) is 17.5 Å². The van der Waals surface area contributed by atoms with Crippen molar-refractivity contribution in [3.05, 3.63) is 51.8 Å². The lowest BCUT2D eigenvalue weighted by Crippen LogP contribution is -2.22. The smallest absolute Gasteiger partial charge is 0.295 e. The van der Waals surface area contributed by atoms with Crippen LogP contribution in [0.15, 0.2) is 33.8 Å². The second-order valence-corrected chi connectivity index (χ2v) is 6.78. The molecule has 0 aliphatic heterocycles. The molecule has 0 fully saturated rings. The van der Waals surface area contributed by atoms with Crippen molar-refractivity contribution in [2.45, 2.75) is 26.8 Å². The standard InChI is InChI=1S/C19H19N7O2/c1-9-5-13(10(2)20)15-14(6-9)19(27)26(4)17(24-15)12-7-21-16(22-8-12)18-23-11(3)25-28-18/h5-8,10H,20H2,1-4H3/t10-/m1/s1. The van der Waals surface area contributed by atoms with Crippen molar-refractivity contribution >= 4 is 10.9 Å². The van der Waals surface area contributed by atoms with Gasteiger partial charge in [0.05, 0.1) is 16.5 Å². The molecule has 142 valence electrons. The predicted molar refractivity (Wildman–Crippen MR) is 103 cm³/mol. The first-order valence-electron chi connectivity index (χ1n) is 8.75. The maximum atomic E-state index is 12.9. The summed E-state index contributed by atoms with van der Waals surface area (Å²) in [6.45, 7) is 5.52. The van der Waals surface area contributed by atoms with E-state index in [1.807, 2.05) is 26.0 Å². The summed E-state index contributed by atoms with van der Waals surface area (Å²) in [4.78, 5) is 30.3. The van der Waals surface area contributed by atoms with Gasteiger partial charge in [0.1, 0.15) is 5.82 Å². The number of hydrogen-bond acceptors (Lipinski definition) is 8. The maximum Gasteiger partial charge on any atom is 0.295 e. The molecule has 0 aliphatic carbocycles. The Morgan fingerprint density at radius 1 is 1.14 bits per heavy atom. The highest BCUT2D eigenvalue weighted by atomic mass is 16.5. The second-order valence-electron chi connectivity index (χ2n) is 6.78. The highest BCUT2D eigenvalue weighted by Crippen LogP contribution is 2.25. The molecule has 1 aromatic carbocycles. The molecule has 0 aliphatic rings. The number of aromatic nitrogens is 6. The van der Waals surface area contributed by atoms with Crippen molar-refractivity contribution in [3.63, 3.8) is 0 Å². The molecule has 0 amide bonds. The number of benzene rings is 1. The molecule has 9 heteroatoms. The molecule has 9 nitrogen and oxygen atoms in total. The molecule has 0 saturated heterocycles. The highest BCUT2D eigenvalue weighted by molar-refractivity contribution is 5.84. The Bertz CT molecular complexity index is 1240. The Kier molecular flexibility index (Phi) is 4.23. The van der Waals surface area contributed by atoms with Crippen LogP contribution in [0.3, 0.4) is 0 Å². The minimum atomic E-state index is -0.255. The predicted octanol–water partition coefficient (Wildman–Crippen LogP) is 2.08. The van der Waals surface area contributed by atoms with E-state index < -0.39 is 0 Å². The van der Waals surface area contributed by atoms with E-state index in [0.29, 0.717) is 33.9 Å². The normalized spacial score (nSPS) is 12.5. The topological polar surface area (TPSA) is 126 Å². The van der Waals surface area contributed by atoms with Gasteiger partial charge in [-0.15, -0.1) is 0 Å². The van der Waals surface area contributed by atoms with Gasteiger partial charge in [0.25, 0.3) is 11.4 Å². The average molecular weight is 377 g/mol. The summed E-state index contributed by atoms with van der Waals surface area (Å²) in [5.41, 5.74) is 8.95. The molecule has 0 spiro atoms. The first-order chi connectivity index (χ1) is 13.3. The van der Waals surface area contributed by atoms with Gasteiger partial charge in [-0.2, -0.15) is 4.98 Å². The van der Waals surface area contributed by atoms with Crippen LogP contribution in [0.2, 0.25) is 0 Å². The lowest BCUT2D eigenvalue weighted by molar-refractivity contribution is 0.423. The molecule has 4 aromatic rings. The third-order valence-electron chi connectivity index (χ3n) is 4.47. The zero-order valence-electron chi connectivity index (χ0n) is 16.0. The van der Waals surface area contributed by atoms with E-state index in [1.165, 1.54) is 4.57 Å². The summed E-state index contributed by atoms with van der Waals surface area (Å²) in [6.07, 6.45) is 3.16. The fraction of sp³-hybridized carbons (Fsp3) is 0.263. The van der Waals surface area contributed by atoms with Crippen LogP contribution < -0.4 is 11.3 Å². The van der Waals surface area contributed by atoms with Gasteiger partial charge in [-0.05, 0) is 38.0 Å². The van der Waals surface area contributed by atoms with Gasteiger partial charge in [0.15, 0.2) is 5.82 Å². The van der Waals surface area contributed by atoms with Crippen molar-refractivity contribution < 1.29 is 4.52 Å². The summed E-state index contributed by atoms with van der Waals surface area (Å²) in [5, 5.41) is 4.27. The Balaban J connectivity index is 1.89. The Hall–Kier alpha value is -3.46. The Morgan fingerprint density at radius 3 is 2.46 bits per heavy atom. The maximum absolute atomic E-state index is 12.9. The number of rotatable bonds is 3. The van der Waals surface area contributed by atoms with E-state index in [1.54, 1.807) is 26.4 Å². The lowest BCUT2D eigenvalue weighted by Gasteiger charge is -2.14. The molecule has 4 rings (SSSR count). The average Bonchev–Trinajstić information content (AvgIpc) is 3.11. The number of aryl methyl sites for hydroxylation is 2. The van der Waals surface area contributed by atoms with Crippen LogP contribution in [0.5, 0.6) is 0 Å². The van der Waals surface area contributed by atoms with Gasteiger partial charge >= 0.3 is 0 Å². The second kappa shape index (κ2) is 6.61. The van der Waals surface area contributed by atoms with E-state index in [4.69, 9.17) is 15.2 Å². The molecule has 0 radical (unpaired) electrons. The third-order valence-corrected chi connectivity index (χ3v) is 4.47. The highest BCUT2D eigenvalue weighted by Gasteiger charge is 2.17. The summed E-state index contributed by atoms with van der Waals surface area (Å²) < 4.78 is 6.57. The van der Waals surface area contributed by atoms with Crippen molar-refractivity contribution in [2.24, 2.45) is 12.8 Å². The van der Waals surface area contributed by atoms with Crippen LogP contribution in [-0.2, 0) is 7.05 Å². The molecule has 0 unspecified atom stereocenters. The van der Waals surface area contributed by atoms with Crippen LogP contribution in [0.1, 0.15) is 29.9 Å². The van der Waals surface area contributed by atoms with Crippen molar-refractivity contribution in [1.29, 1.82) is 0 Å². The molecule has 0 bridgehead atoms. The SMILES string of the molecule is Cc1cc([C@@H](C)N)c2nc(-c3cnc(-c4nc(C)no4)nc3)n(C)c(=O)c2c1. The summed E-state index contributed by atoms with van der Waals surface area (Å²) in [5.74, 6) is 1.50. The van der Waals surface area contributed by atoms with Gasteiger partial charge in [-0.25, -0.2) is 15.0 Å². The van der Waals surface area contributed by atoms with E-state index in [2.05, 4.69) is 20.1 Å². The van der Waals surface area contributed by atoms with Crippen molar-refractivity contribution in [1.82, 2.24) is 29.7 Å². The summed E-state index contributed by atoms with van der Waals surface area (Å²) in [6, 6.07) is 3.53. The Morgan fingerprint density at radius 2 is 1.86 bits per heavy atom. The van der Waals surface area contributed by atoms with Gasteiger partial charge in [0, 0.05) is 25.5 Å². The minimum absolute atomic E-state index is 0.151. The Labute approximate surface area is 160 Å². The quantitative estimate of drug-likeness (QED) is 0.575. The lowest BCUT2D eigenvalue weighted by atomic mass is 10.0. The molecule has 28 heavy (non-hydrogen) atoms. The van der Waals surface area contributed by atoms with Gasteiger partial charge in [0.2, 0.25) is 5.82 Å². The molecule has 2 N–H and O–H groups in total. The zero-order valence-corrected chi connectivity index (χ0v) is 16.0. The van der Waals surface area contributed by atoms with E-state index >= 15 is 0 Å². The van der Waals surface area contributed by atoms with Crippen LogP contribution >= 0.6 is 0 Å². The van der Waals surface area contributed by atoms with Crippen LogP contribution in [0.4, 0.5) is 0 Å². The third kappa shape index (κ3) is 2.95. The molecular formula is C19H19N7O2. The van der Waals surface area contributed by atoms with E-state index in [9.17, 15) is 4.79 Å². The number of nitrogens with two attached hydrogens (primary N) is 1. The minimum Gasteiger partial charge on any atom is -0.330 e.